The third-order valence-corrected chi connectivity index (χ3v) is 4.32. The highest BCUT2D eigenvalue weighted by Crippen LogP contribution is 2.37. The highest BCUT2D eigenvalue weighted by atomic mass is 16.3. The minimum Gasteiger partial charge on any atom is -0.393 e. The molecule has 0 aromatic rings. The molecule has 0 radical (unpaired) electrons. The predicted octanol–water partition coefficient (Wildman–Crippen LogP) is 2.27. The topological polar surface area (TPSA) is 23.5 Å². The Morgan fingerprint density at radius 3 is 2.00 bits per heavy atom. The van der Waals surface area contributed by atoms with Gasteiger partial charge in [0.2, 0.25) is 0 Å². The molecule has 1 N–H and O–H groups in total. The molecule has 1 aliphatic carbocycles. The molecule has 1 heterocycles. The molecule has 88 valence electrons. The maximum atomic E-state index is 9.46. The standard InChI is InChI=1S/C13H25NO/c1-13(2,3)10-8-14(9-10)11-4-6-12(15)7-5-11/h10-12,15H,4-9H2,1-3H3. The summed E-state index contributed by atoms with van der Waals surface area (Å²) in [6.07, 6.45) is 4.43. The Labute approximate surface area is 93.7 Å². The van der Waals surface area contributed by atoms with Crippen molar-refractivity contribution in [2.45, 2.75) is 58.6 Å². The van der Waals surface area contributed by atoms with Crippen LogP contribution in [0.2, 0.25) is 0 Å². The van der Waals surface area contributed by atoms with E-state index in [1.165, 1.54) is 25.9 Å². The molecule has 0 amide bonds. The van der Waals surface area contributed by atoms with Crippen LogP contribution >= 0.6 is 0 Å². The zero-order valence-electron chi connectivity index (χ0n) is 10.4. The van der Waals surface area contributed by atoms with E-state index in [9.17, 15) is 5.11 Å². The van der Waals surface area contributed by atoms with Gasteiger partial charge in [-0.15, -0.1) is 0 Å². The Balaban J connectivity index is 1.75. The summed E-state index contributed by atoms with van der Waals surface area (Å²) in [5.74, 6) is 0.879. The normalized spacial score (nSPS) is 35.2. The lowest BCUT2D eigenvalue weighted by molar-refractivity contribution is -0.0298. The molecule has 1 aliphatic heterocycles. The molecule has 2 fully saturated rings. The molecule has 1 saturated carbocycles. The van der Waals surface area contributed by atoms with Gasteiger partial charge in [-0.3, -0.25) is 4.90 Å². The molecule has 0 atom stereocenters. The fraction of sp³-hybridized carbons (Fsp3) is 1.00. The zero-order chi connectivity index (χ0) is 11.1. The predicted molar refractivity (Wildman–Crippen MR) is 62.8 cm³/mol. The minimum absolute atomic E-state index is 0.0130. The van der Waals surface area contributed by atoms with Crippen molar-refractivity contribution >= 4 is 0 Å². The molecule has 1 saturated heterocycles. The van der Waals surface area contributed by atoms with Crippen molar-refractivity contribution in [2.24, 2.45) is 11.3 Å². The van der Waals surface area contributed by atoms with E-state index in [1.807, 2.05) is 0 Å². The van der Waals surface area contributed by atoms with Gasteiger partial charge in [0, 0.05) is 19.1 Å². The quantitative estimate of drug-likeness (QED) is 0.719. The molecule has 0 unspecified atom stereocenters. The van der Waals surface area contributed by atoms with Crippen molar-refractivity contribution in [1.29, 1.82) is 0 Å². The largest absolute Gasteiger partial charge is 0.393 e. The lowest BCUT2D eigenvalue weighted by Gasteiger charge is -2.51. The van der Waals surface area contributed by atoms with Crippen LogP contribution in [-0.4, -0.2) is 35.2 Å². The van der Waals surface area contributed by atoms with Crippen LogP contribution in [0.4, 0.5) is 0 Å². The lowest BCUT2D eigenvalue weighted by Crippen LogP contribution is -2.56. The summed E-state index contributed by atoms with van der Waals surface area (Å²) in [5.41, 5.74) is 0.477. The monoisotopic (exact) mass is 211 g/mol. The van der Waals surface area contributed by atoms with E-state index in [1.54, 1.807) is 0 Å². The van der Waals surface area contributed by atoms with Gasteiger partial charge in [0.1, 0.15) is 0 Å². The summed E-state index contributed by atoms with van der Waals surface area (Å²) in [6.45, 7) is 9.60. The molecule has 2 heteroatoms. The van der Waals surface area contributed by atoms with Gasteiger partial charge in [-0.1, -0.05) is 20.8 Å². The highest BCUT2D eigenvalue weighted by Gasteiger charge is 2.39. The van der Waals surface area contributed by atoms with Gasteiger partial charge in [-0.25, -0.2) is 0 Å². The van der Waals surface area contributed by atoms with E-state index in [0.29, 0.717) is 5.41 Å². The zero-order valence-corrected chi connectivity index (χ0v) is 10.4. The van der Waals surface area contributed by atoms with Crippen LogP contribution in [0.25, 0.3) is 0 Å². The van der Waals surface area contributed by atoms with Gasteiger partial charge in [0.15, 0.2) is 0 Å². The second-order valence-electron chi connectivity index (χ2n) is 6.48. The number of nitrogens with zero attached hydrogens (tertiary/aromatic N) is 1. The Hall–Kier alpha value is -0.0800. The van der Waals surface area contributed by atoms with E-state index >= 15 is 0 Å². The Morgan fingerprint density at radius 1 is 1.00 bits per heavy atom. The molecule has 2 nitrogen and oxygen atoms in total. The van der Waals surface area contributed by atoms with Crippen LogP contribution < -0.4 is 0 Å². The molecule has 2 rings (SSSR count). The number of rotatable bonds is 1. The first-order valence-corrected chi connectivity index (χ1v) is 6.39. The van der Waals surface area contributed by atoms with E-state index < -0.39 is 0 Å². The minimum atomic E-state index is -0.0130. The highest BCUT2D eigenvalue weighted by molar-refractivity contribution is 4.92. The second-order valence-corrected chi connectivity index (χ2v) is 6.48. The fourth-order valence-corrected chi connectivity index (χ4v) is 2.78. The van der Waals surface area contributed by atoms with E-state index in [0.717, 1.165) is 24.8 Å². The molecule has 0 bridgehead atoms. The Kier molecular flexibility index (Phi) is 3.09. The number of hydrogen-bond acceptors (Lipinski definition) is 2. The molecule has 15 heavy (non-hydrogen) atoms. The van der Waals surface area contributed by atoms with Crippen molar-refractivity contribution in [3.63, 3.8) is 0 Å². The summed E-state index contributed by atoms with van der Waals surface area (Å²) in [6, 6.07) is 0.770. The first-order valence-electron chi connectivity index (χ1n) is 6.39. The fourth-order valence-electron chi connectivity index (χ4n) is 2.78. The van der Waals surface area contributed by atoms with Gasteiger partial charge in [-0.05, 0) is 37.0 Å². The summed E-state index contributed by atoms with van der Waals surface area (Å²) in [5, 5.41) is 9.46. The van der Waals surface area contributed by atoms with Gasteiger partial charge in [-0.2, -0.15) is 0 Å². The van der Waals surface area contributed by atoms with Crippen LogP contribution in [0.5, 0.6) is 0 Å². The third kappa shape index (κ3) is 2.54. The van der Waals surface area contributed by atoms with Crippen molar-refractivity contribution in [2.75, 3.05) is 13.1 Å². The number of likely N-dealkylation sites (tertiary alicyclic amines) is 1. The summed E-state index contributed by atoms with van der Waals surface area (Å²) in [4.78, 5) is 2.63. The van der Waals surface area contributed by atoms with Gasteiger partial charge in [0.05, 0.1) is 6.10 Å². The molecule has 0 aromatic carbocycles. The van der Waals surface area contributed by atoms with Crippen molar-refractivity contribution in [1.82, 2.24) is 4.90 Å². The van der Waals surface area contributed by atoms with Crippen LogP contribution in [0.3, 0.4) is 0 Å². The Bertz CT molecular complexity index is 207. The van der Waals surface area contributed by atoms with Crippen LogP contribution in [-0.2, 0) is 0 Å². The van der Waals surface area contributed by atoms with Gasteiger partial charge in [0.25, 0.3) is 0 Å². The summed E-state index contributed by atoms with van der Waals surface area (Å²) in [7, 11) is 0. The first kappa shape index (κ1) is 11.4. The summed E-state index contributed by atoms with van der Waals surface area (Å²) >= 11 is 0. The van der Waals surface area contributed by atoms with E-state index in [-0.39, 0.29) is 6.10 Å². The maximum absolute atomic E-state index is 9.46. The average molecular weight is 211 g/mol. The smallest absolute Gasteiger partial charge is 0.0541 e. The molecule has 0 aromatic heterocycles. The molecule has 2 aliphatic rings. The van der Waals surface area contributed by atoms with E-state index in [2.05, 4.69) is 25.7 Å². The van der Waals surface area contributed by atoms with Crippen molar-refractivity contribution in [3.05, 3.63) is 0 Å². The average Bonchev–Trinajstić information content (AvgIpc) is 2.03. The van der Waals surface area contributed by atoms with Gasteiger partial charge >= 0.3 is 0 Å². The SMILES string of the molecule is CC(C)(C)C1CN(C2CCC(O)CC2)C1. The molecule has 0 spiro atoms. The van der Waals surface area contributed by atoms with Crippen LogP contribution in [0.15, 0.2) is 0 Å². The first-order chi connectivity index (χ1) is 6.97. The summed E-state index contributed by atoms with van der Waals surface area (Å²) < 4.78 is 0. The lowest BCUT2D eigenvalue weighted by atomic mass is 9.74. The molecular formula is C13H25NO. The van der Waals surface area contributed by atoms with E-state index in [4.69, 9.17) is 0 Å². The van der Waals surface area contributed by atoms with Crippen molar-refractivity contribution < 1.29 is 5.11 Å². The van der Waals surface area contributed by atoms with Crippen LogP contribution in [0, 0.1) is 11.3 Å². The second kappa shape index (κ2) is 4.06. The number of aliphatic hydroxyl groups is 1. The Morgan fingerprint density at radius 2 is 1.53 bits per heavy atom. The van der Waals surface area contributed by atoms with Crippen LogP contribution in [0.1, 0.15) is 46.5 Å². The molecular weight excluding hydrogens is 186 g/mol. The number of hydrogen-bond donors (Lipinski definition) is 1. The van der Waals surface area contributed by atoms with Gasteiger partial charge < -0.3 is 5.11 Å². The number of aliphatic hydroxyl groups excluding tert-OH is 1. The van der Waals surface area contributed by atoms with Crippen molar-refractivity contribution in [3.8, 4) is 0 Å². The maximum Gasteiger partial charge on any atom is 0.0541 e. The third-order valence-electron chi connectivity index (χ3n) is 4.32.